The first-order valence-electron chi connectivity index (χ1n) is 7.81. The molecule has 27 heavy (non-hydrogen) atoms. The lowest BCUT2D eigenvalue weighted by Gasteiger charge is -2.29. The number of hydrogen-bond acceptors (Lipinski definition) is 4. The van der Waals surface area contributed by atoms with Crippen LogP contribution in [0, 0.1) is 0 Å². The summed E-state index contributed by atoms with van der Waals surface area (Å²) < 4.78 is 49.7. The maximum absolute atomic E-state index is 13.2. The minimum absolute atomic E-state index is 0.100. The normalized spacial score (nSPS) is 16.2. The summed E-state index contributed by atoms with van der Waals surface area (Å²) in [4.78, 5) is 11.1. The molecule has 142 valence electrons. The van der Waals surface area contributed by atoms with Crippen molar-refractivity contribution in [3.05, 3.63) is 63.7 Å². The first kappa shape index (κ1) is 19.1. The number of ether oxygens (including phenoxy) is 2. The second kappa shape index (κ2) is 7.15. The lowest BCUT2D eigenvalue weighted by atomic mass is 9.97. The van der Waals surface area contributed by atoms with Crippen molar-refractivity contribution in [2.24, 2.45) is 0 Å². The highest BCUT2D eigenvalue weighted by atomic mass is 35.5. The number of carboxylic acid groups (broad SMARTS) is 1. The Balaban J connectivity index is 2.03. The fourth-order valence-corrected chi connectivity index (χ4v) is 3.10. The number of alkyl halides is 3. The fraction of sp³-hybridized carbons (Fsp3) is 0.211. The predicted octanol–water partition coefficient (Wildman–Crippen LogP) is 3.40. The van der Waals surface area contributed by atoms with E-state index in [1.54, 1.807) is 18.2 Å². The van der Waals surface area contributed by atoms with Gasteiger partial charge in [0.05, 0.1) is 13.1 Å². The third kappa shape index (κ3) is 3.88. The Hall–Kier alpha value is -2.67. The Kier molecular flexibility index (Phi) is 5.06. The summed E-state index contributed by atoms with van der Waals surface area (Å²) in [7, 11) is 1.51. The van der Waals surface area contributed by atoms with Gasteiger partial charge in [-0.25, -0.2) is 0 Å². The Morgan fingerprint density at radius 3 is 2.59 bits per heavy atom. The van der Waals surface area contributed by atoms with E-state index in [4.69, 9.17) is 21.1 Å². The zero-order valence-corrected chi connectivity index (χ0v) is 14.7. The second-order valence-corrected chi connectivity index (χ2v) is 6.30. The largest absolute Gasteiger partial charge is 0.545 e. The van der Waals surface area contributed by atoms with Crippen LogP contribution in [0.5, 0.6) is 11.5 Å². The van der Waals surface area contributed by atoms with E-state index in [0.717, 1.165) is 11.6 Å². The molecule has 0 bridgehead atoms. The molecule has 0 aliphatic carbocycles. The molecule has 0 N–H and O–H groups in total. The highest BCUT2D eigenvalue weighted by Gasteiger charge is 2.46. The van der Waals surface area contributed by atoms with Crippen molar-refractivity contribution in [3.8, 4) is 11.5 Å². The lowest BCUT2D eigenvalue weighted by Crippen LogP contribution is -2.44. The molecule has 0 saturated carbocycles. The topological polar surface area (TPSA) is 58.6 Å². The summed E-state index contributed by atoms with van der Waals surface area (Å²) in [5, 5.41) is 11.3. The highest BCUT2D eigenvalue weighted by molar-refractivity contribution is 6.31. The second-order valence-electron chi connectivity index (χ2n) is 5.90. The third-order valence-electron chi connectivity index (χ3n) is 4.12. The summed E-state index contributed by atoms with van der Waals surface area (Å²) in [5.74, 6) is -1.44. The van der Waals surface area contributed by atoms with Crippen LogP contribution < -0.4 is 14.6 Å². The number of rotatable bonds is 4. The molecule has 0 radical (unpaired) electrons. The molecule has 1 aliphatic rings. The Morgan fingerprint density at radius 2 is 1.96 bits per heavy atom. The smallest absolute Gasteiger partial charge is 0.429 e. The number of fused-ring (bicyclic) bond motifs is 1. The van der Waals surface area contributed by atoms with Crippen LogP contribution >= 0.6 is 11.6 Å². The van der Waals surface area contributed by atoms with Crippen molar-refractivity contribution >= 4 is 23.6 Å². The molecule has 1 heterocycles. The molecule has 1 aliphatic heterocycles. The van der Waals surface area contributed by atoms with Gasteiger partial charge in [-0.1, -0.05) is 29.8 Å². The van der Waals surface area contributed by atoms with Crippen LogP contribution in [0.25, 0.3) is 6.08 Å². The maximum Gasteiger partial charge on any atom is 0.429 e. The van der Waals surface area contributed by atoms with Gasteiger partial charge in [-0.15, -0.1) is 0 Å². The van der Waals surface area contributed by atoms with Crippen molar-refractivity contribution in [2.45, 2.75) is 18.7 Å². The minimum atomic E-state index is -4.90. The van der Waals surface area contributed by atoms with Crippen molar-refractivity contribution in [1.29, 1.82) is 0 Å². The Labute approximate surface area is 157 Å². The van der Waals surface area contributed by atoms with Crippen molar-refractivity contribution < 1.29 is 32.5 Å². The van der Waals surface area contributed by atoms with E-state index in [1.165, 1.54) is 19.2 Å². The summed E-state index contributed by atoms with van der Waals surface area (Å²) in [6.07, 6.45) is -6.32. The summed E-state index contributed by atoms with van der Waals surface area (Å²) in [5.41, 5.74) is 0.453. The number of carbonyl (C=O) groups is 1. The molecule has 0 spiro atoms. The molecule has 3 rings (SSSR count). The number of carbonyl (C=O) groups excluding carboxylic acids is 1. The first-order valence-corrected chi connectivity index (χ1v) is 8.19. The van der Waals surface area contributed by atoms with Crippen LogP contribution in [0.2, 0.25) is 5.02 Å². The SMILES string of the molecule is COc1ccccc1Cc1cc2c(cc1Cl)C=C(C(=O)[O-])C(C(F)(F)F)O2. The van der Waals surface area contributed by atoms with E-state index in [1.807, 2.05) is 6.07 Å². The van der Waals surface area contributed by atoms with Crippen LogP contribution in [0.1, 0.15) is 16.7 Å². The molecule has 0 aromatic heterocycles. The molecule has 0 saturated heterocycles. The molecular formula is C19H13ClF3O4-. The number of aliphatic carboxylic acids is 1. The van der Waals surface area contributed by atoms with Gasteiger partial charge in [-0.05, 0) is 35.4 Å². The molecule has 4 nitrogen and oxygen atoms in total. The van der Waals surface area contributed by atoms with Gasteiger partial charge in [0.1, 0.15) is 11.5 Å². The molecule has 2 aromatic carbocycles. The number of para-hydroxylation sites is 1. The molecule has 8 heteroatoms. The average Bonchev–Trinajstić information content (AvgIpc) is 2.61. The van der Waals surface area contributed by atoms with Crippen molar-refractivity contribution in [1.82, 2.24) is 0 Å². The van der Waals surface area contributed by atoms with Gasteiger partial charge < -0.3 is 19.4 Å². The molecule has 0 fully saturated rings. The number of methoxy groups -OCH3 is 1. The summed E-state index contributed by atoms with van der Waals surface area (Å²) >= 11 is 6.25. The fourth-order valence-electron chi connectivity index (χ4n) is 2.86. The monoisotopic (exact) mass is 397 g/mol. The van der Waals surface area contributed by atoms with Gasteiger partial charge in [0, 0.05) is 22.6 Å². The Bertz CT molecular complexity index is 922. The van der Waals surface area contributed by atoms with E-state index in [2.05, 4.69) is 0 Å². The van der Waals surface area contributed by atoms with Gasteiger partial charge in [0.2, 0.25) is 6.10 Å². The molecule has 0 amide bonds. The van der Waals surface area contributed by atoms with Gasteiger partial charge in [-0.3, -0.25) is 0 Å². The van der Waals surface area contributed by atoms with Crippen LogP contribution in [0.4, 0.5) is 13.2 Å². The maximum atomic E-state index is 13.2. The van der Waals surface area contributed by atoms with Crippen LogP contribution in [-0.4, -0.2) is 25.4 Å². The van der Waals surface area contributed by atoms with Gasteiger partial charge in [0.25, 0.3) is 0 Å². The minimum Gasteiger partial charge on any atom is -0.545 e. The van der Waals surface area contributed by atoms with Crippen molar-refractivity contribution in [3.63, 3.8) is 0 Å². The van der Waals surface area contributed by atoms with E-state index >= 15 is 0 Å². The molecular weight excluding hydrogens is 385 g/mol. The average molecular weight is 398 g/mol. The van der Waals surface area contributed by atoms with Crippen LogP contribution in [-0.2, 0) is 11.2 Å². The zero-order valence-electron chi connectivity index (χ0n) is 14.0. The quantitative estimate of drug-likeness (QED) is 0.793. The predicted molar refractivity (Wildman–Crippen MR) is 90.7 cm³/mol. The van der Waals surface area contributed by atoms with Gasteiger partial charge >= 0.3 is 6.18 Å². The highest BCUT2D eigenvalue weighted by Crippen LogP contribution is 2.40. The van der Waals surface area contributed by atoms with Crippen LogP contribution in [0.15, 0.2) is 42.0 Å². The van der Waals surface area contributed by atoms with E-state index in [-0.39, 0.29) is 16.3 Å². The summed E-state index contributed by atoms with van der Waals surface area (Å²) in [6.45, 7) is 0. The Morgan fingerprint density at radius 1 is 1.26 bits per heavy atom. The number of halogens is 4. The van der Waals surface area contributed by atoms with E-state index in [0.29, 0.717) is 17.7 Å². The number of benzene rings is 2. The molecule has 1 unspecified atom stereocenters. The van der Waals surface area contributed by atoms with E-state index in [9.17, 15) is 23.1 Å². The van der Waals surface area contributed by atoms with Crippen LogP contribution in [0.3, 0.4) is 0 Å². The van der Waals surface area contributed by atoms with Crippen molar-refractivity contribution in [2.75, 3.05) is 7.11 Å². The lowest BCUT2D eigenvalue weighted by molar-refractivity contribution is -0.302. The van der Waals surface area contributed by atoms with Gasteiger partial charge in [0.15, 0.2) is 0 Å². The standard InChI is InChI=1S/C19H14ClF3O4/c1-26-15-5-3-2-4-10(15)6-11-9-16-12(8-14(11)20)7-13(18(24)25)17(27-16)19(21,22)23/h2-5,7-9,17H,6H2,1H3,(H,24,25)/p-1. The number of carboxylic acids is 1. The van der Waals surface area contributed by atoms with E-state index < -0.39 is 23.8 Å². The zero-order chi connectivity index (χ0) is 19.8. The molecule has 1 atom stereocenters. The van der Waals surface area contributed by atoms with Gasteiger partial charge in [-0.2, -0.15) is 13.2 Å². The third-order valence-corrected chi connectivity index (χ3v) is 4.48. The molecule has 2 aromatic rings. The number of hydrogen-bond donors (Lipinski definition) is 0. The first-order chi connectivity index (χ1) is 12.7. The summed E-state index contributed by atoms with van der Waals surface area (Å²) in [6, 6.07) is 9.91.